The van der Waals surface area contributed by atoms with E-state index in [1.165, 1.54) is 29.8 Å². The summed E-state index contributed by atoms with van der Waals surface area (Å²) in [5.41, 5.74) is 12.3. The van der Waals surface area contributed by atoms with Crippen LogP contribution in [0.5, 0.6) is 5.75 Å². The van der Waals surface area contributed by atoms with Gasteiger partial charge in [0.05, 0.1) is 21.8 Å². The average Bonchev–Trinajstić information content (AvgIpc) is 3.64. The number of rotatable bonds is 5. The van der Waals surface area contributed by atoms with Gasteiger partial charge in [-0.1, -0.05) is 60.1 Å². The molecule has 0 aliphatic heterocycles. The fourth-order valence-electron chi connectivity index (χ4n) is 7.71. The van der Waals surface area contributed by atoms with Crippen LogP contribution in [0.4, 0.5) is 25.8 Å². The minimum Gasteiger partial charge on any atom is -0.398 e. The van der Waals surface area contributed by atoms with Crippen LogP contribution in [0.15, 0.2) is 89.8 Å². The van der Waals surface area contributed by atoms with E-state index in [1.54, 1.807) is 12.1 Å². The lowest BCUT2D eigenvalue weighted by atomic mass is 9.75. The molecule has 3 aliphatic carbocycles. The summed E-state index contributed by atoms with van der Waals surface area (Å²) in [5.74, 6) is -4.26. The van der Waals surface area contributed by atoms with Gasteiger partial charge in [0.2, 0.25) is 0 Å². The van der Waals surface area contributed by atoms with E-state index in [1.807, 2.05) is 24.3 Å². The molecule has 0 heterocycles. The van der Waals surface area contributed by atoms with E-state index in [-0.39, 0.29) is 33.4 Å². The van der Waals surface area contributed by atoms with Crippen molar-refractivity contribution in [1.82, 2.24) is 0 Å². The van der Waals surface area contributed by atoms with Crippen molar-refractivity contribution in [3.05, 3.63) is 146 Å². The lowest BCUT2D eigenvalue weighted by Crippen LogP contribution is -2.25. The van der Waals surface area contributed by atoms with Crippen LogP contribution < -0.4 is 15.2 Å². The number of nitrogen functional groups attached to an aromatic ring is 1. The Balaban J connectivity index is 1.28. The number of hydrogen-bond donors (Lipinski definition) is 2. The fourth-order valence-corrected chi connectivity index (χ4v) is 8.96. The molecule has 11 heteroatoms. The van der Waals surface area contributed by atoms with E-state index >= 15 is 0 Å². The van der Waals surface area contributed by atoms with Gasteiger partial charge in [-0.3, -0.25) is 9.59 Å². The van der Waals surface area contributed by atoms with Crippen LogP contribution in [0.3, 0.4) is 0 Å². The van der Waals surface area contributed by atoms with Gasteiger partial charge in [-0.05, 0) is 78.3 Å². The Morgan fingerprint density at radius 2 is 1.40 bits per heavy atom. The molecule has 3 N–H and O–H groups in total. The summed E-state index contributed by atoms with van der Waals surface area (Å²) < 4.78 is 60.5. The number of ketones is 2. The molecule has 0 saturated carbocycles. The number of carbonyl (C=O) groups excluding carboxylic acids is 2. The monoisotopic (exact) mass is 682 g/mol. The topological polar surface area (TPSA) is 116 Å². The summed E-state index contributed by atoms with van der Waals surface area (Å²) in [5, 5.41) is 2.78. The number of carbonyl (C=O) groups is 2. The van der Waals surface area contributed by atoms with Crippen molar-refractivity contribution in [2.45, 2.75) is 36.0 Å². The van der Waals surface area contributed by atoms with Crippen molar-refractivity contribution < 1.29 is 31.0 Å². The molecule has 7 nitrogen and oxygen atoms in total. The Morgan fingerprint density at radius 1 is 0.750 bits per heavy atom. The number of nitrogens with two attached hydrogens (primary N) is 1. The minimum atomic E-state index is -4.98. The summed E-state index contributed by atoms with van der Waals surface area (Å²) >= 11 is 5.75. The fraction of sp³-hybridized carbons (Fsp3) is 0.135. The molecular weight excluding hydrogens is 658 g/mol. The van der Waals surface area contributed by atoms with E-state index < -0.39 is 49.0 Å². The van der Waals surface area contributed by atoms with Gasteiger partial charge >= 0.3 is 10.1 Å². The van der Waals surface area contributed by atoms with Gasteiger partial charge in [0.25, 0.3) is 0 Å². The van der Waals surface area contributed by atoms with Crippen molar-refractivity contribution in [1.29, 1.82) is 0 Å². The Kier molecular flexibility index (Phi) is 6.77. The standard InChI is InChI=1S/C37H25ClF2N2O5S/c38-23-17-30(25(40)18-24(23)39)48(45,46)47-29-12-11-27(31-32(29)36(44)22-8-2-1-7-21(22)35(31)43)42-28-10-4-6-20-14-16-37(34(20)28)15-13-19-5-3-9-26(41)33(19)37/h1-12,17-18,42H,13-16,41H2/t37-/m1/s1. The molecule has 0 amide bonds. The van der Waals surface area contributed by atoms with E-state index in [0.29, 0.717) is 12.1 Å². The SMILES string of the molecule is Nc1cccc2c1[C@@]1(CC2)CCc2cccc(Nc3ccc(OS(=O)(=O)c4cc(Cl)c(F)cc4F)c4c3C(=O)c3ccccc3C4=O)c21. The molecule has 0 fully saturated rings. The summed E-state index contributed by atoms with van der Waals surface area (Å²) in [6.45, 7) is 0. The second-order valence-electron chi connectivity index (χ2n) is 12.2. The normalized spacial score (nSPS) is 17.6. The molecule has 240 valence electrons. The Morgan fingerprint density at radius 3 is 2.10 bits per heavy atom. The highest BCUT2D eigenvalue weighted by molar-refractivity contribution is 7.87. The van der Waals surface area contributed by atoms with Crippen LogP contribution in [-0.2, 0) is 28.4 Å². The molecule has 5 aromatic rings. The minimum absolute atomic E-state index is 0.0583. The number of nitrogens with one attached hydrogen (secondary N) is 1. The van der Waals surface area contributed by atoms with E-state index in [0.717, 1.165) is 53.7 Å². The van der Waals surface area contributed by atoms with Crippen molar-refractivity contribution in [2.75, 3.05) is 11.1 Å². The molecule has 5 aromatic carbocycles. The molecule has 8 rings (SSSR count). The second kappa shape index (κ2) is 10.7. The van der Waals surface area contributed by atoms with Gasteiger partial charge in [0.15, 0.2) is 17.3 Å². The maximum absolute atomic E-state index is 14.7. The van der Waals surface area contributed by atoms with Gasteiger partial charge in [-0.25, -0.2) is 8.78 Å². The third-order valence-corrected chi connectivity index (χ3v) is 11.2. The second-order valence-corrected chi connectivity index (χ2v) is 14.1. The number of aryl methyl sites for hydroxylation is 2. The molecule has 0 radical (unpaired) electrons. The van der Waals surface area contributed by atoms with E-state index in [4.69, 9.17) is 21.5 Å². The molecular formula is C37H25ClF2N2O5S. The van der Waals surface area contributed by atoms with Gasteiger partial charge < -0.3 is 15.2 Å². The predicted molar refractivity (Wildman–Crippen MR) is 177 cm³/mol. The van der Waals surface area contributed by atoms with Crippen LogP contribution in [0.1, 0.15) is 66.9 Å². The number of fused-ring (bicyclic) bond motifs is 6. The zero-order valence-corrected chi connectivity index (χ0v) is 26.6. The first kappa shape index (κ1) is 30.3. The smallest absolute Gasteiger partial charge is 0.342 e. The van der Waals surface area contributed by atoms with E-state index in [9.17, 15) is 26.8 Å². The first-order valence-electron chi connectivity index (χ1n) is 15.2. The highest BCUT2D eigenvalue weighted by atomic mass is 35.5. The summed E-state index contributed by atoms with van der Waals surface area (Å²) in [4.78, 5) is 27.1. The van der Waals surface area contributed by atoms with Crippen molar-refractivity contribution in [3.8, 4) is 5.75 Å². The van der Waals surface area contributed by atoms with Gasteiger partial charge in [-0.15, -0.1) is 0 Å². The van der Waals surface area contributed by atoms with Gasteiger partial charge in [-0.2, -0.15) is 8.42 Å². The Bertz CT molecular complexity index is 2370. The third kappa shape index (κ3) is 4.39. The quantitative estimate of drug-likeness (QED) is 0.109. The molecule has 3 aliphatic rings. The molecule has 0 bridgehead atoms. The summed E-state index contributed by atoms with van der Waals surface area (Å²) in [6, 6.07) is 21.7. The van der Waals surface area contributed by atoms with Crippen LogP contribution in [0.2, 0.25) is 5.02 Å². The zero-order valence-electron chi connectivity index (χ0n) is 25.1. The molecule has 0 saturated heterocycles. The average molecular weight is 683 g/mol. The highest BCUT2D eigenvalue weighted by Crippen LogP contribution is 2.56. The molecule has 0 unspecified atom stereocenters. The first-order chi connectivity index (χ1) is 23.0. The number of anilines is 3. The first-order valence-corrected chi connectivity index (χ1v) is 17.0. The van der Waals surface area contributed by atoms with Gasteiger partial charge in [0, 0.05) is 34.0 Å². The van der Waals surface area contributed by atoms with Gasteiger partial charge in [0.1, 0.15) is 16.5 Å². The molecule has 48 heavy (non-hydrogen) atoms. The predicted octanol–water partition coefficient (Wildman–Crippen LogP) is 7.67. The maximum Gasteiger partial charge on any atom is 0.342 e. The Hall–Kier alpha value is -5.06. The molecule has 1 atom stereocenters. The highest BCUT2D eigenvalue weighted by Gasteiger charge is 2.47. The number of hydrogen-bond acceptors (Lipinski definition) is 7. The molecule has 1 spiro atoms. The lowest BCUT2D eigenvalue weighted by molar-refractivity contribution is 0.0978. The number of benzene rings is 5. The third-order valence-electron chi connectivity index (χ3n) is 9.68. The maximum atomic E-state index is 14.7. The van der Waals surface area contributed by atoms with Crippen molar-refractivity contribution in [3.63, 3.8) is 0 Å². The van der Waals surface area contributed by atoms with E-state index in [2.05, 4.69) is 17.4 Å². The number of halogens is 3. The van der Waals surface area contributed by atoms with Crippen molar-refractivity contribution in [2.24, 2.45) is 0 Å². The molecule has 0 aromatic heterocycles. The van der Waals surface area contributed by atoms with Crippen LogP contribution >= 0.6 is 11.6 Å². The van der Waals surface area contributed by atoms with Crippen LogP contribution in [0, 0.1) is 11.6 Å². The van der Waals surface area contributed by atoms with Crippen LogP contribution in [-0.4, -0.2) is 20.0 Å². The zero-order chi connectivity index (χ0) is 33.5. The lowest BCUT2D eigenvalue weighted by Gasteiger charge is -2.31. The largest absolute Gasteiger partial charge is 0.398 e. The Labute approximate surface area is 279 Å². The summed E-state index contributed by atoms with van der Waals surface area (Å²) in [7, 11) is -4.98. The van der Waals surface area contributed by atoms with Crippen molar-refractivity contribution >= 4 is 50.3 Å². The van der Waals surface area contributed by atoms with Crippen LogP contribution in [0.25, 0.3) is 0 Å². The summed E-state index contributed by atoms with van der Waals surface area (Å²) in [6.07, 6.45) is 3.42.